The highest BCUT2D eigenvalue weighted by Gasteiger charge is 2.31. The molecular weight excluding hydrogens is 1170 g/mol. The minimum Gasteiger partial charge on any atom is -0.399 e. The quantitative estimate of drug-likeness (QED) is 0.0336. The van der Waals surface area contributed by atoms with Crippen LogP contribution in [0.25, 0.3) is 42.2 Å². The van der Waals surface area contributed by atoms with E-state index in [1.807, 2.05) is 41.0 Å². The van der Waals surface area contributed by atoms with Crippen molar-refractivity contribution in [2.45, 2.75) is 116 Å². The van der Waals surface area contributed by atoms with Crippen LogP contribution in [0.4, 0.5) is 49.4 Å². The van der Waals surface area contributed by atoms with Gasteiger partial charge in [-0.2, -0.15) is 36.9 Å². The van der Waals surface area contributed by atoms with Gasteiger partial charge in [0.1, 0.15) is 57.5 Å². The summed E-state index contributed by atoms with van der Waals surface area (Å²) in [6, 6.07) is 34.9. The summed E-state index contributed by atoms with van der Waals surface area (Å²) in [7, 11) is 0. The fraction of sp³-hybridized carbons (Fsp3) is 0.344. The smallest absolute Gasteiger partial charge is 0.393 e. The lowest BCUT2D eigenvalue weighted by Crippen LogP contribution is -2.39. The number of piperidine rings is 2. The van der Waals surface area contributed by atoms with E-state index in [9.17, 15) is 47.0 Å². The van der Waals surface area contributed by atoms with Crippen LogP contribution in [0, 0.1) is 46.6 Å². The molecule has 2 aliphatic heterocycles. The normalized spacial score (nSPS) is 14.8. The Hall–Kier alpha value is -8.68. The molecule has 0 aliphatic carbocycles. The van der Waals surface area contributed by atoms with E-state index in [2.05, 4.69) is 95.2 Å². The molecule has 6 aromatic heterocycles. The van der Waals surface area contributed by atoms with E-state index in [1.165, 1.54) is 47.0 Å². The number of anilines is 3. The molecule has 2 fully saturated rings. The molecule has 10 aromatic rings. The largest absolute Gasteiger partial charge is 0.399 e. The fourth-order valence-electron chi connectivity index (χ4n) is 12.0. The lowest BCUT2D eigenvalue weighted by molar-refractivity contribution is -0.384. The van der Waals surface area contributed by atoms with Crippen molar-refractivity contribution in [3.63, 3.8) is 0 Å². The molecule has 0 atom stereocenters. The number of nitrogen functional groups attached to an aromatic ring is 1. The lowest BCUT2D eigenvalue weighted by Gasteiger charge is -2.33. The molecule has 0 unspecified atom stereocenters. The predicted octanol–water partition coefficient (Wildman–Crippen LogP) is 14.0. The number of nitro benzene ring substituents is 1. The van der Waals surface area contributed by atoms with E-state index in [1.54, 1.807) is 24.3 Å². The number of fused-ring (bicyclic) bond motifs is 4. The SMILES string of the molecule is Cc1c(CN2CCC(Nc3ncnc4sc(CC(F)(F)F)cc34)CC2)ccc2c1cc(C#N)n2CCc1ccc(N)cc1.Cc1c(CN2CCC(Nc3ncnc4sc(CC(F)(F)F)cc34)CC2)ccc2c1cc(C#N)n2CCc1ccc([N+](=O)[O-])cc1. The monoisotopic (exact) mass is 1240 g/mol. The van der Waals surface area contributed by atoms with Gasteiger partial charge in [0.05, 0.1) is 28.5 Å². The van der Waals surface area contributed by atoms with Crippen molar-refractivity contribution in [2.24, 2.45) is 0 Å². The molecule has 12 rings (SSSR count). The zero-order valence-electron chi connectivity index (χ0n) is 48.3. The van der Waals surface area contributed by atoms with Gasteiger partial charge in [-0.15, -0.1) is 22.7 Å². The van der Waals surface area contributed by atoms with Gasteiger partial charge in [0.15, 0.2) is 0 Å². The second-order valence-corrected chi connectivity index (χ2v) is 24.8. The van der Waals surface area contributed by atoms with Crippen molar-refractivity contribution in [3.8, 4) is 12.1 Å². The van der Waals surface area contributed by atoms with E-state index < -0.39 is 30.1 Å². The number of non-ortho nitro benzene ring substituents is 1. The number of hydrogen-bond acceptors (Lipinski definition) is 15. The summed E-state index contributed by atoms with van der Waals surface area (Å²) in [6.45, 7) is 10.6. The fourth-order valence-corrected chi connectivity index (χ4v) is 14.0. The Kier molecular flexibility index (Phi) is 18.0. The first-order valence-corrected chi connectivity index (χ1v) is 30.6. The van der Waals surface area contributed by atoms with Crippen molar-refractivity contribution in [3.05, 3.63) is 174 Å². The first kappa shape index (κ1) is 61.0. The summed E-state index contributed by atoms with van der Waals surface area (Å²) in [5.41, 5.74) is 16.8. The third-order valence-corrected chi connectivity index (χ3v) is 18.8. The summed E-state index contributed by atoms with van der Waals surface area (Å²) >= 11 is 2.12. The molecule has 16 nitrogen and oxygen atoms in total. The average Bonchev–Trinajstić information content (AvgIpc) is 1.96. The van der Waals surface area contributed by atoms with Gasteiger partial charge in [0.25, 0.3) is 5.69 Å². The summed E-state index contributed by atoms with van der Waals surface area (Å²) in [6.07, 6.45) is -2.67. The third kappa shape index (κ3) is 14.3. The average molecular weight is 1240 g/mol. The Balaban J connectivity index is 0.000000182. The van der Waals surface area contributed by atoms with Crippen LogP contribution in [0.3, 0.4) is 0 Å². The molecule has 0 amide bonds. The van der Waals surface area contributed by atoms with Crippen LogP contribution in [0.15, 0.2) is 110 Å². The Morgan fingerprint density at radius 2 is 1.01 bits per heavy atom. The summed E-state index contributed by atoms with van der Waals surface area (Å²) < 4.78 is 81.6. The molecule has 24 heteroatoms. The van der Waals surface area contributed by atoms with Crippen LogP contribution in [-0.4, -0.2) is 94.4 Å². The van der Waals surface area contributed by atoms with E-state index in [-0.39, 0.29) is 27.5 Å². The van der Waals surface area contributed by atoms with Crippen molar-refractivity contribution >= 4 is 87.9 Å². The third-order valence-electron chi connectivity index (χ3n) is 16.7. The molecule has 0 saturated carbocycles. The van der Waals surface area contributed by atoms with Crippen LogP contribution in [-0.2, 0) is 51.9 Å². The number of rotatable bonds is 17. The van der Waals surface area contributed by atoms with Crippen LogP contribution >= 0.6 is 22.7 Å². The van der Waals surface area contributed by atoms with Gasteiger partial charge >= 0.3 is 12.4 Å². The van der Waals surface area contributed by atoms with Gasteiger partial charge in [-0.05, 0) is 134 Å². The van der Waals surface area contributed by atoms with Crippen LogP contribution in [0.1, 0.15) is 80.2 Å². The van der Waals surface area contributed by atoms with Gasteiger partial charge < -0.3 is 25.5 Å². The molecule has 2 aliphatic rings. The van der Waals surface area contributed by atoms with Crippen LogP contribution in [0.2, 0.25) is 0 Å². The predicted molar refractivity (Wildman–Crippen MR) is 332 cm³/mol. The summed E-state index contributed by atoms with van der Waals surface area (Å²) in [5, 5.41) is 41.0. The number of halogens is 6. The Labute approximate surface area is 511 Å². The van der Waals surface area contributed by atoms with Crippen molar-refractivity contribution in [1.29, 1.82) is 10.5 Å². The summed E-state index contributed by atoms with van der Waals surface area (Å²) in [5.74, 6) is 1.18. The van der Waals surface area contributed by atoms with E-state index in [0.29, 0.717) is 63.0 Å². The van der Waals surface area contributed by atoms with Crippen LogP contribution in [0.5, 0.6) is 0 Å². The highest BCUT2D eigenvalue weighted by molar-refractivity contribution is 7.19. The molecule has 2 saturated heterocycles. The molecule has 0 bridgehead atoms. The van der Waals surface area contributed by atoms with Gasteiger partial charge in [-0.1, -0.05) is 36.4 Å². The van der Waals surface area contributed by atoms with E-state index in [0.717, 1.165) is 133 Å². The van der Waals surface area contributed by atoms with Crippen LogP contribution < -0.4 is 16.4 Å². The maximum Gasteiger partial charge on any atom is 0.393 e. The number of thiophene rings is 2. The number of nitriles is 2. The highest BCUT2D eigenvalue weighted by atomic mass is 32.1. The molecule has 8 heterocycles. The topological polar surface area (TPSA) is 209 Å². The number of alkyl halides is 6. The van der Waals surface area contributed by atoms with Gasteiger partial charge in [0, 0.05) is 114 Å². The molecule has 4 aromatic carbocycles. The molecule has 0 spiro atoms. The number of nitrogens with zero attached hydrogens (tertiary/aromatic N) is 11. The Bertz CT molecular complexity index is 4240. The number of likely N-dealkylation sites (tertiary alicyclic amines) is 2. The van der Waals surface area contributed by atoms with Crippen molar-refractivity contribution < 1.29 is 31.3 Å². The molecule has 4 N–H and O–H groups in total. The van der Waals surface area contributed by atoms with E-state index >= 15 is 0 Å². The second kappa shape index (κ2) is 26.0. The molecular formula is C64H62F6N14O2S2. The zero-order chi connectivity index (χ0) is 61.9. The highest BCUT2D eigenvalue weighted by Crippen LogP contribution is 2.36. The number of aryl methyl sites for hydroxylation is 6. The zero-order valence-corrected chi connectivity index (χ0v) is 49.9. The van der Waals surface area contributed by atoms with E-state index in [4.69, 9.17) is 5.73 Å². The van der Waals surface area contributed by atoms with Gasteiger partial charge in [-0.25, -0.2) is 19.9 Å². The second-order valence-electron chi connectivity index (χ2n) is 22.6. The Morgan fingerprint density at radius 3 is 1.40 bits per heavy atom. The number of benzene rings is 4. The standard InChI is InChI=1S/C32H30F3N7O2S.C32H32F3N7S/c1-20-22(4-7-29-27(20)14-25(17-36)41(29)13-8-21-2-5-24(6-3-21)42(43)44)18-40-11-9-23(10-12-40)39-30-28-15-26(16-32(33,34)35)45-31(28)38-19-37-30;1-20-22(4-7-29-27(20)14-25(17-36)42(29)13-8-21-2-5-23(37)6-3-21)18-41-11-9-24(10-12-41)40-30-28-15-26(16-32(33,34)35)43-31(28)39-19-38-30/h2-7,14-15,19,23H,8-13,16,18H2,1H3,(H,37,38,39);2-7,14-15,19,24H,8-13,16,18,37H2,1H3,(H,38,39,40). The van der Waals surface area contributed by atoms with Crippen molar-refractivity contribution in [2.75, 3.05) is 42.5 Å². The first-order valence-electron chi connectivity index (χ1n) is 28.9. The number of hydrogen-bond donors (Lipinski definition) is 3. The van der Waals surface area contributed by atoms with Crippen molar-refractivity contribution in [1.82, 2.24) is 38.9 Å². The molecule has 0 radical (unpaired) electrons. The minimum absolute atomic E-state index is 0.0541. The first-order chi connectivity index (χ1) is 42.2. The number of nitrogens with one attached hydrogen (secondary N) is 2. The number of nitro groups is 1. The lowest BCUT2D eigenvalue weighted by atomic mass is 10.0. The molecule has 454 valence electrons. The maximum absolute atomic E-state index is 12.9. The van der Waals surface area contributed by atoms with Gasteiger partial charge in [0.2, 0.25) is 0 Å². The number of nitrogens with two attached hydrogens (primary N) is 1. The molecule has 88 heavy (non-hydrogen) atoms. The maximum atomic E-state index is 12.9. The van der Waals surface area contributed by atoms with Gasteiger partial charge in [-0.3, -0.25) is 19.9 Å². The minimum atomic E-state index is -4.27. The summed E-state index contributed by atoms with van der Waals surface area (Å²) in [4.78, 5) is 34.0. The Morgan fingerprint density at radius 1 is 0.602 bits per heavy atom. The number of aromatic nitrogens is 6.